The quantitative estimate of drug-likeness (QED) is 0.711. The fourth-order valence-corrected chi connectivity index (χ4v) is 2.22. The maximum atomic E-state index is 12.5. The lowest BCUT2D eigenvalue weighted by atomic mass is 10.0. The highest BCUT2D eigenvalue weighted by molar-refractivity contribution is 6.16. The first-order valence-electron chi connectivity index (χ1n) is 5.97. The molecule has 0 radical (unpaired) electrons. The Hall–Kier alpha value is -2.62. The third-order valence-corrected chi connectivity index (χ3v) is 3.19. The van der Waals surface area contributed by atoms with E-state index >= 15 is 0 Å². The first-order chi connectivity index (χ1) is 9.16. The van der Waals surface area contributed by atoms with Crippen LogP contribution < -0.4 is 5.73 Å². The van der Waals surface area contributed by atoms with Crippen molar-refractivity contribution in [1.82, 2.24) is 9.55 Å². The number of nitrogen functional groups attached to an aromatic ring is 1. The second-order valence-electron chi connectivity index (χ2n) is 4.47. The second kappa shape index (κ2) is 4.24. The zero-order valence-electron chi connectivity index (χ0n) is 10.5. The molecule has 19 heavy (non-hydrogen) atoms. The molecule has 94 valence electrons. The third kappa shape index (κ3) is 1.87. The number of carbonyl (C=O) groups is 1. The molecule has 0 spiro atoms. The molecule has 0 bridgehead atoms. The minimum Gasteiger partial charge on any atom is -0.384 e. The Labute approximate surface area is 110 Å². The third-order valence-electron chi connectivity index (χ3n) is 3.19. The fraction of sp³-hybridized carbons (Fsp3) is 0.0667. The van der Waals surface area contributed by atoms with Crippen molar-refractivity contribution < 1.29 is 4.79 Å². The van der Waals surface area contributed by atoms with Crippen LogP contribution in [0.25, 0.3) is 10.9 Å². The minimum absolute atomic E-state index is 0.0377. The Morgan fingerprint density at radius 1 is 1.21 bits per heavy atom. The first kappa shape index (κ1) is 11.5. The SMILES string of the molecule is Cn1cc(C(=O)c2ccc(N)nc2)c2ccccc21. The average molecular weight is 251 g/mol. The van der Waals surface area contributed by atoms with E-state index < -0.39 is 0 Å². The topological polar surface area (TPSA) is 60.9 Å². The van der Waals surface area contributed by atoms with Gasteiger partial charge in [-0.25, -0.2) is 4.98 Å². The fourth-order valence-electron chi connectivity index (χ4n) is 2.22. The molecule has 3 rings (SSSR count). The van der Waals surface area contributed by atoms with Gasteiger partial charge in [-0.1, -0.05) is 18.2 Å². The number of hydrogen-bond acceptors (Lipinski definition) is 3. The van der Waals surface area contributed by atoms with Crippen molar-refractivity contribution in [3.05, 3.63) is 59.9 Å². The number of hydrogen-bond donors (Lipinski definition) is 1. The van der Waals surface area contributed by atoms with E-state index in [9.17, 15) is 4.79 Å². The highest BCUT2D eigenvalue weighted by Gasteiger charge is 2.15. The Kier molecular flexibility index (Phi) is 2.56. The normalized spacial score (nSPS) is 10.8. The van der Waals surface area contributed by atoms with E-state index in [2.05, 4.69) is 4.98 Å². The van der Waals surface area contributed by atoms with Gasteiger partial charge in [0.2, 0.25) is 0 Å². The van der Waals surface area contributed by atoms with Gasteiger partial charge in [-0.3, -0.25) is 4.79 Å². The molecule has 0 saturated carbocycles. The molecule has 0 fully saturated rings. The van der Waals surface area contributed by atoms with Gasteiger partial charge in [0.1, 0.15) is 5.82 Å². The zero-order valence-corrected chi connectivity index (χ0v) is 10.5. The number of anilines is 1. The predicted molar refractivity (Wildman–Crippen MR) is 75.0 cm³/mol. The molecule has 0 aliphatic carbocycles. The minimum atomic E-state index is -0.0377. The highest BCUT2D eigenvalue weighted by Crippen LogP contribution is 2.22. The lowest BCUT2D eigenvalue weighted by Crippen LogP contribution is -2.02. The van der Waals surface area contributed by atoms with Crippen LogP contribution in [0.4, 0.5) is 5.82 Å². The largest absolute Gasteiger partial charge is 0.384 e. The van der Waals surface area contributed by atoms with Crippen molar-refractivity contribution in [2.75, 3.05) is 5.73 Å². The van der Waals surface area contributed by atoms with E-state index in [0.29, 0.717) is 16.9 Å². The van der Waals surface area contributed by atoms with Crippen molar-refractivity contribution in [3.63, 3.8) is 0 Å². The van der Waals surface area contributed by atoms with Crippen LogP contribution in [0, 0.1) is 0 Å². The smallest absolute Gasteiger partial charge is 0.196 e. The van der Waals surface area contributed by atoms with Crippen LogP contribution in [0.3, 0.4) is 0 Å². The number of nitrogens with zero attached hydrogens (tertiary/aromatic N) is 2. The lowest BCUT2D eigenvalue weighted by Gasteiger charge is -1.99. The molecule has 0 saturated heterocycles. The standard InChI is InChI=1S/C15H13N3O/c1-18-9-12(11-4-2-3-5-13(11)18)15(19)10-6-7-14(16)17-8-10/h2-9H,1H3,(H2,16,17). The lowest BCUT2D eigenvalue weighted by molar-refractivity contribution is 0.104. The van der Waals surface area contributed by atoms with Gasteiger partial charge >= 0.3 is 0 Å². The van der Waals surface area contributed by atoms with Crippen LogP contribution in [0.2, 0.25) is 0 Å². The van der Waals surface area contributed by atoms with Gasteiger partial charge in [-0.15, -0.1) is 0 Å². The summed E-state index contributed by atoms with van der Waals surface area (Å²) in [7, 11) is 1.93. The summed E-state index contributed by atoms with van der Waals surface area (Å²) in [6.45, 7) is 0. The van der Waals surface area contributed by atoms with Crippen LogP contribution in [0.1, 0.15) is 15.9 Å². The number of ketones is 1. The molecule has 2 heterocycles. The average Bonchev–Trinajstić information content (AvgIpc) is 2.77. The number of para-hydroxylation sites is 1. The number of aromatic nitrogens is 2. The van der Waals surface area contributed by atoms with E-state index in [1.54, 1.807) is 12.1 Å². The molecular formula is C15H13N3O. The summed E-state index contributed by atoms with van der Waals surface area (Å²) in [5, 5.41) is 0.951. The van der Waals surface area contributed by atoms with Gasteiger partial charge in [-0.2, -0.15) is 0 Å². The monoisotopic (exact) mass is 251 g/mol. The number of benzene rings is 1. The summed E-state index contributed by atoms with van der Waals surface area (Å²) in [6.07, 6.45) is 3.36. The number of rotatable bonds is 2. The molecule has 2 aromatic heterocycles. The maximum Gasteiger partial charge on any atom is 0.196 e. The molecule has 4 nitrogen and oxygen atoms in total. The number of carbonyl (C=O) groups excluding carboxylic acids is 1. The molecule has 0 atom stereocenters. The van der Waals surface area contributed by atoms with Crippen LogP contribution >= 0.6 is 0 Å². The molecular weight excluding hydrogens is 238 g/mol. The van der Waals surface area contributed by atoms with Gasteiger partial charge in [0.05, 0.1) is 0 Å². The number of nitrogens with two attached hydrogens (primary N) is 1. The van der Waals surface area contributed by atoms with Crippen molar-refractivity contribution >= 4 is 22.5 Å². The highest BCUT2D eigenvalue weighted by atomic mass is 16.1. The zero-order chi connectivity index (χ0) is 13.4. The molecule has 1 aromatic carbocycles. The Balaban J connectivity index is 2.14. The van der Waals surface area contributed by atoms with Gasteiger partial charge in [0, 0.05) is 41.5 Å². The maximum absolute atomic E-state index is 12.5. The summed E-state index contributed by atoms with van der Waals surface area (Å²) >= 11 is 0. The van der Waals surface area contributed by atoms with Crippen molar-refractivity contribution in [2.24, 2.45) is 7.05 Å². The molecule has 0 aliphatic rings. The van der Waals surface area contributed by atoms with Gasteiger partial charge in [-0.05, 0) is 18.2 Å². The van der Waals surface area contributed by atoms with E-state index in [1.165, 1.54) is 6.20 Å². The van der Waals surface area contributed by atoms with Gasteiger partial charge in [0.25, 0.3) is 0 Å². The van der Waals surface area contributed by atoms with Gasteiger partial charge in [0.15, 0.2) is 5.78 Å². The second-order valence-corrected chi connectivity index (χ2v) is 4.47. The Bertz CT molecular complexity index is 757. The van der Waals surface area contributed by atoms with Gasteiger partial charge < -0.3 is 10.3 Å². The predicted octanol–water partition coefficient (Wildman–Crippen LogP) is 2.39. The molecule has 2 N–H and O–H groups in total. The van der Waals surface area contributed by atoms with Crippen molar-refractivity contribution in [2.45, 2.75) is 0 Å². The number of aryl methyl sites for hydroxylation is 1. The Morgan fingerprint density at radius 3 is 2.74 bits per heavy atom. The van der Waals surface area contributed by atoms with E-state index in [1.807, 2.05) is 42.1 Å². The van der Waals surface area contributed by atoms with Crippen molar-refractivity contribution in [1.29, 1.82) is 0 Å². The molecule has 0 aliphatic heterocycles. The van der Waals surface area contributed by atoms with E-state index in [-0.39, 0.29) is 5.78 Å². The van der Waals surface area contributed by atoms with Crippen LogP contribution in [0.5, 0.6) is 0 Å². The van der Waals surface area contributed by atoms with E-state index in [4.69, 9.17) is 5.73 Å². The Morgan fingerprint density at radius 2 is 2.00 bits per heavy atom. The van der Waals surface area contributed by atoms with Crippen LogP contribution in [-0.4, -0.2) is 15.3 Å². The summed E-state index contributed by atoms with van der Waals surface area (Å²) < 4.78 is 1.95. The summed E-state index contributed by atoms with van der Waals surface area (Å²) in [5.41, 5.74) is 7.80. The molecule has 0 unspecified atom stereocenters. The molecule has 3 aromatic rings. The summed E-state index contributed by atoms with van der Waals surface area (Å²) in [6, 6.07) is 11.2. The van der Waals surface area contributed by atoms with Crippen LogP contribution in [-0.2, 0) is 7.05 Å². The first-order valence-corrected chi connectivity index (χ1v) is 5.97. The van der Waals surface area contributed by atoms with Crippen molar-refractivity contribution in [3.8, 4) is 0 Å². The van der Waals surface area contributed by atoms with Crippen LogP contribution in [0.15, 0.2) is 48.8 Å². The summed E-state index contributed by atoms with van der Waals surface area (Å²) in [5.74, 6) is 0.374. The molecule has 4 heteroatoms. The van der Waals surface area contributed by atoms with E-state index in [0.717, 1.165) is 10.9 Å². The molecule has 0 amide bonds. The summed E-state index contributed by atoms with van der Waals surface area (Å²) in [4.78, 5) is 16.5. The number of fused-ring (bicyclic) bond motifs is 1. The number of pyridine rings is 1.